The van der Waals surface area contributed by atoms with E-state index in [2.05, 4.69) is 33.8 Å². The minimum atomic E-state index is 0.211. The average molecular weight is 324 g/mol. The smallest absolute Gasteiger partial charge is 0.254 e. The summed E-state index contributed by atoms with van der Waals surface area (Å²) in [6, 6.07) is 6.57. The first-order valence-corrected chi connectivity index (χ1v) is 8.20. The van der Waals surface area contributed by atoms with Crippen molar-refractivity contribution in [2.75, 3.05) is 11.9 Å². The van der Waals surface area contributed by atoms with Crippen molar-refractivity contribution in [1.29, 1.82) is 0 Å². The summed E-state index contributed by atoms with van der Waals surface area (Å²) in [4.78, 5) is 14.8. The quantitative estimate of drug-likeness (QED) is 0.747. The molecule has 1 saturated carbocycles. The lowest BCUT2D eigenvalue weighted by atomic mass is 9.90. The van der Waals surface area contributed by atoms with Crippen LogP contribution in [-0.2, 0) is 0 Å². The van der Waals surface area contributed by atoms with Crippen molar-refractivity contribution in [1.82, 2.24) is 4.90 Å². The van der Waals surface area contributed by atoms with Gasteiger partial charge in [-0.25, -0.2) is 0 Å². The zero-order valence-electron chi connectivity index (χ0n) is 11.8. The standard InChI is InChI=1S/C16H22BrNO/c1-12-7-8-15(13(2)11-12)16(19)18(10-4-9-17)14-5-3-6-14/h7-8,11,14H,3-6,9-10H2,1-2H3. The number of halogens is 1. The average Bonchev–Trinajstić information content (AvgIpc) is 2.31. The molecule has 2 nitrogen and oxygen atoms in total. The zero-order valence-corrected chi connectivity index (χ0v) is 13.4. The van der Waals surface area contributed by atoms with Crippen molar-refractivity contribution in [3.05, 3.63) is 34.9 Å². The third-order valence-corrected chi connectivity index (χ3v) is 4.48. The fraction of sp³-hybridized carbons (Fsp3) is 0.562. The van der Waals surface area contributed by atoms with Crippen molar-refractivity contribution >= 4 is 21.8 Å². The van der Waals surface area contributed by atoms with Crippen molar-refractivity contribution < 1.29 is 4.79 Å². The summed E-state index contributed by atoms with van der Waals surface area (Å²) in [7, 11) is 0. The second kappa shape index (κ2) is 6.56. The predicted molar refractivity (Wildman–Crippen MR) is 83.0 cm³/mol. The van der Waals surface area contributed by atoms with Gasteiger partial charge < -0.3 is 4.90 Å². The van der Waals surface area contributed by atoms with E-state index in [1.165, 1.54) is 24.8 Å². The van der Waals surface area contributed by atoms with Crippen LogP contribution in [0.2, 0.25) is 0 Å². The van der Waals surface area contributed by atoms with Crippen LogP contribution in [0.1, 0.15) is 47.2 Å². The van der Waals surface area contributed by atoms with Crippen molar-refractivity contribution in [2.24, 2.45) is 0 Å². The topological polar surface area (TPSA) is 20.3 Å². The third kappa shape index (κ3) is 3.38. The van der Waals surface area contributed by atoms with Crippen LogP contribution in [0.4, 0.5) is 0 Å². The first-order chi connectivity index (χ1) is 9.13. The van der Waals surface area contributed by atoms with E-state index >= 15 is 0 Å². The number of carbonyl (C=O) groups is 1. The first kappa shape index (κ1) is 14.6. The van der Waals surface area contributed by atoms with Gasteiger partial charge in [0.15, 0.2) is 0 Å². The summed E-state index contributed by atoms with van der Waals surface area (Å²) in [5.74, 6) is 0.211. The van der Waals surface area contributed by atoms with E-state index in [1.54, 1.807) is 0 Å². The van der Waals surface area contributed by atoms with Gasteiger partial charge in [-0.15, -0.1) is 0 Å². The Labute approximate surface area is 124 Å². The number of hydrogen-bond acceptors (Lipinski definition) is 1. The molecule has 1 amide bonds. The highest BCUT2D eigenvalue weighted by molar-refractivity contribution is 9.09. The van der Waals surface area contributed by atoms with Gasteiger partial charge in [0.05, 0.1) is 0 Å². The maximum Gasteiger partial charge on any atom is 0.254 e. The second-order valence-electron chi connectivity index (χ2n) is 5.44. The van der Waals surface area contributed by atoms with Crippen molar-refractivity contribution in [3.63, 3.8) is 0 Å². The summed E-state index contributed by atoms with van der Waals surface area (Å²) in [6.07, 6.45) is 4.61. The molecule has 19 heavy (non-hydrogen) atoms. The number of benzene rings is 1. The Morgan fingerprint density at radius 1 is 1.37 bits per heavy atom. The van der Waals surface area contributed by atoms with Gasteiger partial charge in [-0.3, -0.25) is 4.79 Å². The molecule has 0 saturated heterocycles. The molecule has 104 valence electrons. The molecule has 0 heterocycles. The van der Waals surface area contributed by atoms with Gasteiger partial charge >= 0.3 is 0 Å². The summed E-state index contributed by atoms with van der Waals surface area (Å²) in [5, 5.41) is 0.955. The van der Waals surface area contributed by atoms with Crippen LogP contribution < -0.4 is 0 Å². The molecule has 0 unspecified atom stereocenters. The Hall–Kier alpha value is -0.830. The molecule has 0 radical (unpaired) electrons. The van der Waals surface area contributed by atoms with Crippen LogP contribution in [0, 0.1) is 13.8 Å². The molecule has 1 aromatic carbocycles. The van der Waals surface area contributed by atoms with Gasteiger partial charge in [-0.1, -0.05) is 33.6 Å². The summed E-state index contributed by atoms with van der Waals surface area (Å²) >= 11 is 3.46. The van der Waals surface area contributed by atoms with E-state index in [1.807, 2.05) is 19.1 Å². The van der Waals surface area contributed by atoms with E-state index in [0.717, 1.165) is 29.4 Å². The lowest BCUT2D eigenvalue weighted by Gasteiger charge is -2.38. The Morgan fingerprint density at radius 2 is 2.11 bits per heavy atom. The van der Waals surface area contributed by atoms with Crippen LogP contribution in [0.5, 0.6) is 0 Å². The molecular weight excluding hydrogens is 302 g/mol. The van der Waals surface area contributed by atoms with E-state index in [4.69, 9.17) is 0 Å². The van der Waals surface area contributed by atoms with E-state index in [9.17, 15) is 4.79 Å². The lowest BCUT2D eigenvalue weighted by Crippen LogP contribution is -2.45. The predicted octanol–water partition coefficient (Wildman–Crippen LogP) is 4.08. The first-order valence-electron chi connectivity index (χ1n) is 7.07. The molecular formula is C16H22BrNO. The third-order valence-electron chi connectivity index (χ3n) is 3.92. The van der Waals surface area contributed by atoms with Crippen LogP contribution in [-0.4, -0.2) is 28.7 Å². The maximum atomic E-state index is 12.7. The van der Waals surface area contributed by atoms with Crippen molar-refractivity contribution in [3.8, 4) is 0 Å². The van der Waals surface area contributed by atoms with E-state index in [-0.39, 0.29) is 5.91 Å². The molecule has 0 spiro atoms. The molecule has 3 heteroatoms. The van der Waals surface area contributed by atoms with Crippen LogP contribution in [0.25, 0.3) is 0 Å². The zero-order chi connectivity index (χ0) is 13.8. The number of nitrogens with zero attached hydrogens (tertiary/aromatic N) is 1. The van der Waals surface area contributed by atoms with Gasteiger partial charge in [0.25, 0.3) is 5.91 Å². The highest BCUT2D eigenvalue weighted by Gasteiger charge is 2.29. The summed E-state index contributed by atoms with van der Waals surface area (Å²) in [6.45, 7) is 4.96. The highest BCUT2D eigenvalue weighted by Crippen LogP contribution is 2.27. The normalized spacial score (nSPS) is 15.1. The largest absolute Gasteiger partial charge is 0.336 e. The SMILES string of the molecule is Cc1ccc(C(=O)N(CCCBr)C2CCC2)c(C)c1. The van der Waals surface area contributed by atoms with Gasteiger partial charge in [0.1, 0.15) is 0 Å². The molecule has 0 N–H and O–H groups in total. The lowest BCUT2D eigenvalue weighted by molar-refractivity contribution is 0.0580. The Morgan fingerprint density at radius 3 is 2.63 bits per heavy atom. The van der Waals surface area contributed by atoms with Crippen LogP contribution in [0.3, 0.4) is 0 Å². The molecule has 0 atom stereocenters. The van der Waals surface area contributed by atoms with Gasteiger partial charge in [0, 0.05) is 23.5 Å². The monoisotopic (exact) mass is 323 g/mol. The number of aryl methyl sites for hydroxylation is 2. The Balaban J connectivity index is 2.17. The van der Waals surface area contributed by atoms with Crippen molar-refractivity contribution in [2.45, 2.75) is 45.6 Å². The molecule has 0 aromatic heterocycles. The van der Waals surface area contributed by atoms with Gasteiger partial charge in [-0.05, 0) is 51.2 Å². The second-order valence-corrected chi connectivity index (χ2v) is 6.24. The number of amides is 1. The van der Waals surface area contributed by atoms with Crippen LogP contribution in [0.15, 0.2) is 18.2 Å². The highest BCUT2D eigenvalue weighted by atomic mass is 79.9. The molecule has 1 fully saturated rings. The van der Waals surface area contributed by atoms with Crippen LogP contribution >= 0.6 is 15.9 Å². The number of rotatable bonds is 5. The minimum Gasteiger partial charge on any atom is -0.336 e. The van der Waals surface area contributed by atoms with Gasteiger partial charge in [0.2, 0.25) is 0 Å². The molecule has 1 aromatic rings. The summed E-state index contributed by atoms with van der Waals surface area (Å²) < 4.78 is 0. The molecule has 1 aliphatic carbocycles. The molecule has 0 bridgehead atoms. The summed E-state index contributed by atoms with van der Waals surface area (Å²) in [5.41, 5.74) is 3.17. The minimum absolute atomic E-state index is 0.211. The van der Waals surface area contributed by atoms with Gasteiger partial charge in [-0.2, -0.15) is 0 Å². The maximum absolute atomic E-state index is 12.7. The number of alkyl halides is 1. The number of carbonyl (C=O) groups excluding carboxylic acids is 1. The van der Waals surface area contributed by atoms with E-state index in [0.29, 0.717) is 6.04 Å². The number of hydrogen-bond donors (Lipinski definition) is 0. The Kier molecular flexibility index (Phi) is 5.03. The Bertz CT molecular complexity index is 454. The van der Waals surface area contributed by atoms with E-state index < -0.39 is 0 Å². The fourth-order valence-corrected chi connectivity index (χ4v) is 2.84. The molecule has 0 aliphatic heterocycles. The fourth-order valence-electron chi connectivity index (χ4n) is 2.59. The molecule has 2 rings (SSSR count). The molecule has 1 aliphatic rings.